The van der Waals surface area contributed by atoms with Crippen molar-refractivity contribution in [2.45, 2.75) is 32.1 Å². The summed E-state index contributed by atoms with van der Waals surface area (Å²) >= 11 is 11.9. The van der Waals surface area contributed by atoms with Crippen molar-refractivity contribution in [3.63, 3.8) is 0 Å². The Labute approximate surface area is 98.8 Å². The molecule has 0 bridgehead atoms. The van der Waals surface area contributed by atoms with Gasteiger partial charge >= 0.3 is 0 Å². The number of pyridine rings is 1. The molecule has 1 heterocycles. The van der Waals surface area contributed by atoms with E-state index in [-0.39, 0.29) is 5.15 Å². The van der Waals surface area contributed by atoms with Gasteiger partial charge in [0.05, 0.1) is 5.56 Å². The van der Waals surface area contributed by atoms with Crippen molar-refractivity contribution >= 4 is 23.2 Å². The zero-order chi connectivity index (χ0) is 11.0. The van der Waals surface area contributed by atoms with Crippen LogP contribution in [0, 0.1) is 11.3 Å². The number of aromatic nitrogens is 1. The monoisotopic (exact) mass is 240 g/mol. The van der Waals surface area contributed by atoms with E-state index in [0.717, 1.165) is 30.4 Å². The second-order valence-corrected chi connectivity index (χ2v) is 4.42. The summed E-state index contributed by atoms with van der Waals surface area (Å²) in [5, 5.41) is 9.75. The summed E-state index contributed by atoms with van der Waals surface area (Å²) in [6.45, 7) is 2.02. The van der Waals surface area contributed by atoms with E-state index in [1.807, 2.05) is 6.92 Å². The number of nitrogens with zero attached hydrogens (tertiary/aromatic N) is 2. The lowest BCUT2D eigenvalue weighted by atomic mass is 9.99. The van der Waals surface area contributed by atoms with Crippen molar-refractivity contribution in [2.75, 3.05) is 0 Å². The maximum atomic E-state index is 9.07. The van der Waals surface area contributed by atoms with E-state index < -0.39 is 0 Å². The van der Waals surface area contributed by atoms with Crippen LogP contribution in [0.4, 0.5) is 0 Å². The van der Waals surface area contributed by atoms with Gasteiger partial charge in [-0.25, -0.2) is 4.98 Å². The minimum atomic E-state index is 0.238. The molecule has 1 fully saturated rings. The minimum absolute atomic E-state index is 0.238. The third-order valence-electron chi connectivity index (χ3n) is 2.70. The highest BCUT2D eigenvalue weighted by atomic mass is 35.5. The largest absolute Gasteiger partial charge is 0.223 e. The second kappa shape index (κ2) is 4.00. The van der Waals surface area contributed by atoms with Crippen LogP contribution in [-0.4, -0.2) is 4.98 Å². The fourth-order valence-electron chi connectivity index (χ4n) is 1.85. The van der Waals surface area contributed by atoms with Crippen molar-refractivity contribution in [3.8, 4) is 6.07 Å². The highest BCUT2D eigenvalue weighted by molar-refractivity contribution is 6.33. The van der Waals surface area contributed by atoms with E-state index in [9.17, 15) is 0 Å². The Morgan fingerprint density at radius 3 is 2.53 bits per heavy atom. The zero-order valence-corrected chi connectivity index (χ0v) is 9.86. The van der Waals surface area contributed by atoms with Crippen LogP contribution >= 0.6 is 23.2 Å². The molecule has 4 heteroatoms. The Morgan fingerprint density at radius 2 is 2.07 bits per heavy atom. The standard InChI is InChI=1S/C11H10Cl2N2/c1-2-7-9(6-3-4-6)8(5-14)11(13)15-10(7)12/h6H,2-4H2,1H3. The van der Waals surface area contributed by atoms with Crippen LogP contribution in [0.15, 0.2) is 0 Å². The molecule has 0 unspecified atom stereocenters. The molecule has 0 amide bonds. The first kappa shape index (κ1) is 10.7. The van der Waals surface area contributed by atoms with Gasteiger partial charge in [0, 0.05) is 0 Å². The number of hydrogen-bond donors (Lipinski definition) is 0. The van der Waals surface area contributed by atoms with Crippen molar-refractivity contribution in [2.24, 2.45) is 0 Å². The number of hydrogen-bond acceptors (Lipinski definition) is 2. The van der Waals surface area contributed by atoms with E-state index >= 15 is 0 Å². The molecule has 15 heavy (non-hydrogen) atoms. The van der Waals surface area contributed by atoms with Gasteiger partial charge in [0.15, 0.2) is 0 Å². The van der Waals surface area contributed by atoms with Crippen molar-refractivity contribution in [1.29, 1.82) is 5.26 Å². The highest BCUT2D eigenvalue weighted by Gasteiger charge is 2.31. The van der Waals surface area contributed by atoms with E-state index in [2.05, 4.69) is 11.1 Å². The molecule has 0 radical (unpaired) electrons. The Balaban J connectivity index is 2.69. The summed E-state index contributed by atoms with van der Waals surface area (Å²) in [4.78, 5) is 3.99. The van der Waals surface area contributed by atoms with Crippen LogP contribution in [-0.2, 0) is 6.42 Å². The molecule has 1 aromatic heterocycles. The Kier molecular flexibility index (Phi) is 2.86. The van der Waals surface area contributed by atoms with Gasteiger partial charge in [0.2, 0.25) is 0 Å². The molecule has 78 valence electrons. The number of rotatable bonds is 2. The molecule has 0 aliphatic heterocycles. The molecule has 0 N–H and O–H groups in total. The second-order valence-electron chi connectivity index (χ2n) is 3.70. The predicted molar refractivity (Wildman–Crippen MR) is 60.3 cm³/mol. The van der Waals surface area contributed by atoms with E-state index in [4.69, 9.17) is 28.5 Å². The fourth-order valence-corrected chi connectivity index (χ4v) is 2.44. The fraction of sp³-hybridized carbons (Fsp3) is 0.455. The lowest BCUT2D eigenvalue weighted by Gasteiger charge is -2.11. The average molecular weight is 241 g/mol. The lowest BCUT2D eigenvalue weighted by Crippen LogP contribution is -2.00. The Morgan fingerprint density at radius 1 is 1.40 bits per heavy atom. The van der Waals surface area contributed by atoms with Gasteiger partial charge in [0.25, 0.3) is 0 Å². The molecule has 0 saturated heterocycles. The summed E-state index contributed by atoms with van der Waals surface area (Å²) in [6.07, 6.45) is 3.04. The Bertz CT molecular complexity index is 445. The van der Waals surface area contributed by atoms with Crippen LogP contribution in [0.25, 0.3) is 0 Å². The topological polar surface area (TPSA) is 36.7 Å². The van der Waals surface area contributed by atoms with E-state index in [1.165, 1.54) is 0 Å². The van der Waals surface area contributed by atoms with Gasteiger partial charge in [-0.2, -0.15) is 5.26 Å². The van der Waals surface area contributed by atoms with Gasteiger partial charge < -0.3 is 0 Å². The van der Waals surface area contributed by atoms with Crippen molar-refractivity contribution in [1.82, 2.24) is 4.98 Å². The van der Waals surface area contributed by atoms with Gasteiger partial charge in [-0.3, -0.25) is 0 Å². The molecular formula is C11H10Cl2N2. The van der Waals surface area contributed by atoms with Gasteiger partial charge in [-0.15, -0.1) is 0 Å². The van der Waals surface area contributed by atoms with Crippen LogP contribution < -0.4 is 0 Å². The molecule has 1 saturated carbocycles. The zero-order valence-electron chi connectivity index (χ0n) is 8.35. The first-order chi connectivity index (χ1) is 7.19. The normalized spacial score (nSPS) is 15.1. The summed E-state index contributed by atoms with van der Waals surface area (Å²) < 4.78 is 0. The molecule has 0 atom stereocenters. The smallest absolute Gasteiger partial charge is 0.148 e. The van der Waals surface area contributed by atoms with Crippen molar-refractivity contribution < 1.29 is 0 Å². The van der Waals surface area contributed by atoms with Gasteiger partial charge in [-0.05, 0) is 36.3 Å². The molecule has 2 nitrogen and oxygen atoms in total. The van der Waals surface area contributed by atoms with Crippen molar-refractivity contribution in [3.05, 3.63) is 27.0 Å². The first-order valence-corrected chi connectivity index (χ1v) is 5.72. The molecule has 1 aliphatic carbocycles. The third kappa shape index (κ3) is 1.82. The first-order valence-electron chi connectivity index (χ1n) is 4.96. The average Bonchev–Trinajstić information content (AvgIpc) is 3.00. The SMILES string of the molecule is CCc1c(Cl)nc(Cl)c(C#N)c1C1CC1. The maximum Gasteiger partial charge on any atom is 0.148 e. The predicted octanol–water partition coefficient (Wildman–Crippen LogP) is 3.70. The van der Waals surface area contributed by atoms with Gasteiger partial charge in [-0.1, -0.05) is 30.1 Å². The van der Waals surface area contributed by atoms with Gasteiger partial charge in [0.1, 0.15) is 16.4 Å². The molecule has 1 aromatic rings. The van der Waals surface area contributed by atoms with Crippen LogP contribution in [0.5, 0.6) is 0 Å². The van der Waals surface area contributed by atoms with Crippen LogP contribution in [0.1, 0.15) is 42.4 Å². The highest BCUT2D eigenvalue weighted by Crippen LogP contribution is 2.45. The van der Waals surface area contributed by atoms with E-state index in [1.54, 1.807) is 0 Å². The summed E-state index contributed by atoms with van der Waals surface area (Å²) in [7, 11) is 0. The van der Waals surface area contributed by atoms with Crippen LogP contribution in [0.3, 0.4) is 0 Å². The maximum absolute atomic E-state index is 9.07. The molecule has 1 aliphatic rings. The summed E-state index contributed by atoms with van der Waals surface area (Å²) in [5.41, 5.74) is 2.53. The number of nitriles is 1. The lowest BCUT2D eigenvalue weighted by molar-refractivity contribution is 0.996. The number of halogens is 2. The third-order valence-corrected chi connectivity index (χ3v) is 3.28. The molecule has 2 rings (SSSR count). The Hall–Kier alpha value is -0.780. The molecular weight excluding hydrogens is 231 g/mol. The van der Waals surface area contributed by atoms with Crippen LogP contribution in [0.2, 0.25) is 10.3 Å². The van der Waals surface area contributed by atoms with E-state index in [0.29, 0.717) is 16.6 Å². The summed E-state index contributed by atoms with van der Waals surface area (Å²) in [6, 6.07) is 2.13. The summed E-state index contributed by atoms with van der Waals surface area (Å²) in [5.74, 6) is 0.465. The minimum Gasteiger partial charge on any atom is -0.223 e. The quantitative estimate of drug-likeness (QED) is 0.740. The molecule has 0 spiro atoms. The molecule has 0 aromatic carbocycles.